The number of aromatic nitrogens is 1. The van der Waals surface area contributed by atoms with E-state index in [9.17, 15) is 13.2 Å². The summed E-state index contributed by atoms with van der Waals surface area (Å²) in [7, 11) is -3.70. The van der Waals surface area contributed by atoms with Crippen LogP contribution in [0, 0.1) is 0 Å². The molecule has 1 aliphatic heterocycles. The number of hydrogen-bond donors (Lipinski definition) is 1. The fraction of sp³-hybridized carbons (Fsp3) is 0.294. The minimum atomic E-state index is -3.70. The van der Waals surface area contributed by atoms with Gasteiger partial charge in [-0.05, 0) is 30.4 Å². The first-order chi connectivity index (χ1) is 13.9. The van der Waals surface area contributed by atoms with Crippen LogP contribution in [-0.2, 0) is 14.8 Å². The van der Waals surface area contributed by atoms with Crippen LogP contribution in [0.15, 0.2) is 33.2 Å². The molecule has 1 amide bonds. The summed E-state index contributed by atoms with van der Waals surface area (Å²) in [5, 5.41) is 6.65. The standard InChI is InChI=1S/C17H15Cl2N3O3S4/c18-13-8-10(15(19)28-13)11-9-27-17(20-11)21-16(23)12-4-1-2-6-22(12)29(24,25)14-5-3-7-26-14/h3,5,7-9,12H,1-2,4,6H2,(H,20,21,23). The van der Waals surface area contributed by atoms with E-state index in [-0.39, 0.29) is 10.1 Å². The number of thiophene rings is 2. The van der Waals surface area contributed by atoms with Crippen LogP contribution in [0.5, 0.6) is 0 Å². The Hall–Kier alpha value is -1.01. The highest BCUT2D eigenvalue weighted by molar-refractivity contribution is 7.91. The van der Waals surface area contributed by atoms with Crippen molar-refractivity contribution in [1.82, 2.24) is 9.29 Å². The number of thiazole rings is 1. The highest BCUT2D eigenvalue weighted by Gasteiger charge is 2.38. The van der Waals surface area contributed by atoms with Crippen LogP contribution >= 0.6 is 57.2 Å². The SMILES string of the molecule is O=C(Nc1nc(-c2cc(Cl)sc2Cl)cs1)C1CCCCN1S(=O)(=O)c1cccs1. The zero-order valence-corrected chi connectivity index (χ0v) is 19.6. The second-order valence-electron chi connectivity index (χ2n) is 6.32. The van der Waals surface area contributed by atoms with Gasteiger partial charge in [0.15, 0.2) is 5.13 Å². The molecule has 4 rings (SSSR count). The van der Waals surface area contributed by atoms with Crippen molar-refractivity contribution >= 4 is 78.3 Å². The maximum absolute atomic E-state index is 13.0. The lowest BCUT2D eigenvalue weighted by molar-refractivity contribution is -0.120. The predicted octanol–water partition coefficient (Wildman–Crippen LogP) is 5.42. The number of carbonyl (C=O) groups excluding carboxylic acids is 1. The summed E-state index contributed by atoms with van der Waals surface area (Å²) in [6, 6.07) is 4.22. The second-order valence-corrected chi connectivity index (χ2v) is 12.5. The molecule has 1 atom stereocenters. The van der Waals surface area contributed by atoms with Gasteiger partial charge < -0.3 is 5.32 Å². The molecular weight excluding hydrogens is 493 g/mol. The van der Waals surface area contributed by atoms with Crippen molar-refractivity contribution in [2.75, 3.05) is 11.9 Å². The summed E-state index contributed by atoms with van der Waals surface area (Å²) in [6.45, 7) is 0.324. The lowest BCUT2D eigenvalue weighted by Gasteiger charge is -2.32. The molecule has 0 spiro atoms. The largest absolute Gasteiger partial charge is 0.301 e. The van der Waals surface area contributed by atoms with Gasteiger partial charge in [0.05, 0.1) is 10.0 Å². The van der Waals surface area contributed by atoms with Crippen molar-refractivity contribution < 1.29 is 13.2 Å². The first-order valence-corrected chi connectivity index (χ1v) is 13.4. The summed E-state index contributed by atoms with van der Waals surface area (Å²) in [4.78, 5) is 17.3. The van der Waals surface area contributed by atoms with Crippen LogP contribution in [-0.4, -0.2) is 36.2 Å². The van der Waals surface area contributed by atoms with Gasteiger partial charge in [-0.1, -0.05) is 35.7 Å². The molecule has 3 aromatic rings. The van der Waals surface area contributed by atoms with Crippen molar-refractivity contribution in [3.8, 4) is 11.3 Å². The van der Waals surface area contributed by atoms with E-state index in [0.29, 0.717) is 38.0 Å². The number of anilines is 1. The van der Waals surface area contributed by atoms with Crippen LogP contribution in [0.25, 0.3) is 11.3 Å². The Morgan fingerprint density at radius 3 is 2.79 bits per heavy atom. The fourth-order valence-electron chi connectivity index (χ4n) is 3.14. The number of rotatable bonds is 5. The second kappa shape index (κ2) is 8.62. The molecule has 0 aromatic carbocycles. The van der Waals surface area contributed by atoms with Crippen LogP contribution in [0.1, 0.15) is 19.3 Å². The van der Waals surface area contributed by atoms with Crippen LogP contribution in [0.2, 0.25) is 8.67 Å². The molecule has 3 aromatic heterocycles. The summed E-state index contributed by atoms with van der Waals surface area (Å²) < 4.78 is 28.6. The molecule has 0 saturated carbocycles. The van der Waals surface area contributed by atoms with E-state index in [4.69, 9.17) is 23.2 Å². The molecule has 1 aliphatic rings. The molecule has 4 heterocycles. The van der Waals surface area contributed by atoms with E-state index in [2.05, 4.69) is 10.3 Å². The smallest absolute Gasteiger partial charge is 0.253 e. The van der Waals surface area contributed by atoms with E-state index in [1.165, 1.54) is 27.0 Å². The predicted molar refractivity (Wildman–Crippen MR) is 120 cm³/mol. The van der Waals surface area contributed by atoms with Gasteiger partial charge in [-0.3, -0.25) is 4.79 Å². The molecule has 0 aliphatic carbocycles. The Kier molecular flexibility index (Phi) is 6.31. The minimum Gasteiger partial charge on any atom is -0.301 e. The first-order valence-electron chi connectivity index (χ1n) is 8.63. The van der Waals surface area contributed by atoms with Crippen LogP contribution < -0.4 is 5.32 Å². The van der Waals surface area contributed by atoms with E-state index in [0.717, 1.165) is 24.2 Å². The number of amides is 1. The molecule has 0 bridgehead atoms. The summed E-state index contributed by atoms with van der Waals surface area (Å²) in [5.74, 6) is -0.375. The average molecular weight is 508 g/mol. The lowest BCUT2D eigenvalue weighted by atomic mass is 10.0. The Bertz CT molecular complexity index is 1120. The highest BCUT2D eigenvalue weighted by Crippen LogP contribution is 2.39. The van der Waals surface area contributed by atoms with Gasteiger partial charge >= 0.3 is 0 Å². The zero-order chi connectivity index (χ0) is 20.6. The summed E-state index contributed by atoms with van der Waals surface area (Å²) >= 11 is 15.8. The number of hydrogen-bond acceptors (Lipinski definition) is 7. The van der Waals surface area contributed by atoms with Crippen molar-refractivity contribution in [3.05, 3.63) is 37.6 Å². The van der Waals surface area contributed by atoms with Gasteiger partial charge in [-0.15, -0.1) is 34.0 Å². The van der Waals surface area contributed by atoms with Gasteiger partial charge in [0, 0.05) is 17.5 Å². The number of carbonyl (C=O) groups is 1. The average Bonchev–Trinajstić information content (AvgIpc) is 3.43. The quantitative estimate of drug-likeness (QED) is 0.499. The molecule has 0 radical (unpaired) electrons. The third kappa shape index (κ3) is 4.39. The number of nitrogens with one attached hydrogen (secondary N) is 1. The molecule has 12 heteroatoms. The Morgan fingerprint density at radius 1 is 1.28 bits per heavy atom. The third-order valence-corrected chi connectivity index (χ3v) is 10.0. The van der Waals surface area contributed by atoms with E-state index < -0.39 is 16.1 Å². The first kappa shape index (κ1) is 21.2. The Labute approximate surface area is 190 Å². The molecule has 1 fully saturated rings. The van der Waals surface area contributed by atoms with Gasteiger partial charge in [0.2, 0.25) is 5.91 Å². The molecule has 154 valence electrons. The Morgan fingerprint density at radius 2 is 2.10 bits per heavy atom. The Balaban J connectivity index is 1.53. The van der Waals surface area contributed by atoms with E-state index >= 15 is 0 Å². The van der Waals surface area contributed by atoms with Crippen molar-refractivity contribution in [3.63, 3.8) is 0 Å². The molecule has 1 N–H and O–H groups in total. The number of piperidine rings is 1. The third-order valence-electron chi connectivity index (χ3n) is 4.48. The maximum atomic E-state index is 13.0. The van der Waals surface area contributed by atoms with Crippen molar-refractivity contribution in [2.24, 2.45) is 0 Å². The van der Waals surface area contributed by atoms with Crippen LogP contribution in [0.3, 0.4) is 0 Å². The summed E-state index contributed by atoms with van der Waals surface area (Å²) in [6.07, 6.45) is 1.99. The number of sulfonamides is 1. The highest BCUT2D eigenvalue weighted by atomic mass is 35.5. The van der Waals surface area contributed by atoms with Gasteiger partial charge in [-0.2, -0.15) is 4.31 Å². The van der Waals surface area contributed by atoms with Gasteiger partial charge in [0.1, 0.15) is 14.6 Å². The molecular formula is C17H15Cl2N3O3S4. The molecule has 6 nitrogen and oxygen atoms in total. The molecule has 29 heavy (non-hydrogen) atoms. The normalized spacial score (nSPS) is 18.1. The minimum absolute atomic E-state index is 0.248. The zero-order valence-electron chi connectivity index (χ0n) is 14.8. The topological polar surface area (TPSA) is 79.4 Å². The molecule has 1 unspecified atom stereocenters. The molecule has 1 saturated heterocycles. The fourth-order valence-corrected chi connectivity index (χ4v) is 8.11. The lowest BCUT2D eigenvalue weighted by Crippen LogP contribution is -2.49. The van der Waals surface area contributed by atoms with Crippen LogP contribution in [0.4, 0.5) is 5.13 Å². The monoisotopic (exact) mass is 507 g/mol. The van der Waals surface area contributed by atoms with Gasteiger partial charge in [-0.25, -0.2) is 13.4 Å². The number of nitrogens with zero attached hydrogens (tertiary/aromatic N) is 2. The number of halogens is 2. The van der Waals surface area contributed by atoms with E-state index in [1.54, 1.807) is 29.0 Å². The maximum Gasteiger partial charge on any atom is 0.253 e. The summed E-state index contributed by atoms with van der Waals surface area (Å²) in [5.41, 5.74) is 1.32. The van der Waals surface area contributed by atoms with Crippen molar-refractivity contribution in [1.29, 1.82) is 0 Å². The van der Waals surface area contributed by atoms with Gasteiger partial charge in [0.25, 0.3) is 10.0 Å². The van der Waals surface area contributed by atoms with Crippen molar-refractivity contribution in [2.45, 2.75) is 29.5 Å². The van der Waals surface area contributed by atoms with E-state index in [1.807, 2.05) is 0 Å².